The van der Waals surface area contributed by atoms with Gasteiger partial charge in [0.05, 0.1) is 33.7 Å². The van der Waals surface area contributed by atoms with Crippen molar-refractivity contribution in [1.82, 2.24) is 4.98 Å². The van der Waals surface area contributed by atoms with Crippen LogP contribution in [0, 0.1) is 0 Å². The molecule has 7 rings (SSSR count). The molecule has 1 aliphatic carbocycles. The molecule has 1 aromatic heterocycles. The summed E-state index contributed by atoms with van der Waals surface area (Å²) in [6.07, 6.45) is 1.91. The Bertz CT molecular complexity index is 1730. The quantitative estimate of drug-likeness (QED) is 0.240. The molecule has 0 saturated heterocycles. The van der Waals surface area contributed by atoms with Gasteiger partial charge in [-0.05, 0) is 80.3 Å². The number of rotatable bonds is 5. The van der Waals surface area contributed by atoms with E-state index in [2.05, 4.69) is 108 Å². The zero-order valence-electron chi connectivity index (χ0n) is 23.8. The van der Waals surface area contributed by atoms with E-state index in [4.69, 9.17) is 9.64 Å². The summed E-state index contributed by atoms with van der Waals surface area (Å²) in [4.78, 5) is 7.46. The van der Waals surface area contributed by atoms with Gasteiger partial charge in [-0.1, -0.05) is 84.3 Å². The number of hydrogen-bond acceptors (Lipinski definition) is 4. The number of fused-ring (bicyclic) bond motifs is 9. The third-order valence-corrected chi connectivity index (χ3v) is 8.98. The summed E-state index contributed by atoms with van der Waals surface area (Å²) in [5.74, 6) is 0. The number of aliphatic hydroxyl groups is 1. The third-order valence-electron chi connectivity index (χ3n) is 8.98. The van der Waals surface area contributed by atoms with Crippen molar-refractivity contribution in [3.05, 3.63) is 138 Å². The van der Waals surface area contributed by atoms with Crippen molar-refractivity contribution in [2.45, 2.75) is 44.3 Å². The molecule has 0 unspecified atom stereocenters. The van der Waals surface area contributed by atoms with E-state index in [1.807, 2.05) is 26.1 Å². The minimum Gasteiger partial charge on any atom is -0.427 e. The SMILES string of the molecule is CC(C)(O)C(C)(C)O[B]c1ccc2c(c1)C1(c3ccccc3N(c3ccccc3)c3ccccc31)c1ncccc1-2. The number of hydrogen-bond donors (Lipinski definition) is 1. The van der Waals surface area contributed by atoms with E-state index in [1.165, 1.54) is 22.3 Å². The summed E-state index contributed by atoms with van der Waals surface area (Å²) in [6, 6.07) is 38.7. The second kappa shape index (κ2) is 9.17. The molecule has 4 nitrogen and oxygen atoms in total. The van der Waals surface area contributed by atoms with Crippen molar-refractivity contribution in [3.8, 4) is 11.1 Å². The topological polar surface area (TPSA) is 45.6 Å². The van der Waals surface area contributed by atoms with Crippen LogP contribution in [0.1, 0.15) is 50.1 Å². The van der Waals surface area contributed by atoms with Crippen LogP contribution in [0.5, 0.6) is 0 Å². The van der Waals surface area contributed by atoms with Gasteiger partial charge in [-0.15, -0.1) is 0 Å². The molecule has 4 aromatic carbocycles. The molecule has 0 atom stereocenters. The van der Waals surface area contributed by atoms with Crippen LogP contribution >= 0.6 is 0 Å². The predicted molar refractivity (Wildman–Crippen MR) is 167 cm³/mol. The Kier molecular flexibility index (Phi) is 5.76. The van der Waals surface area contributed by atoms with Crippen LogP contribution in [-0.2, 0) is 10.1 Å². The van der Waals surface area contributed by atoms with Crippen molar-refractivity contribution >= 4 is 30.0 Å². The molecule has 1 aliphatic heterocycles. The summed E-state index contributed by atoms with van der Waals surface area (Å²) in [6.45, 7) is 7.36. The second-order valence-corrected chi connectivity index (χ2v) is 12.0. The summed E-state index contributed by atoms with van der Waals surface area (Å²) in [5.41, 5.74) is 8.85. The zero-order chi connectivity index (χ0) is 28.4. The van der Waals surface area contributed by atoms with Gasteiger partial charge >= 0.3 is 7.48 Å². The van der Waals surface area contributed by atoms with Crippen molar-refractivity contribution in [2.75, 3.05) is 4.90 Å². The predicted octanol–water partition coefficient (Wildman–Crippen LogP) is 7.04. The van der Waals surface area contributed by atoms with Crippen molar-refractivity contribution in [3.63, 3.8) is 0 Å². The average molecular weight is 535 g/mol. The van der Waals surface area contributed by atoms with Gasteiger partial charge < -0.3 is 14.7 Å². The minimum atomic E-state index is -1.01. The van der Waals surface area contributed by atoms with Crippen LogP contribution in [0.3, 0.4) is 0 Å². The van der Waals surface area contributed by atoms with Crippen LogP contribution in [-0.4, -0.2) is 28.8 Å². The standard InChI is InChI=1S/C36H32BN2O2/c1-34(2,40)35(3,4)41-37-24-20-21-26-27-15-12-22-38-33(27)36(30(26)23-24)28-16-8-10-18-31(28)39(25-13-6-5-7-14-25)32-19-11-9-17-29(32)36/h5-23,40H,1-4H3. The van der Waals surface area contributed by atoms with Gasteiger partial charge in [0, 0.05) is 17.4 Å². The molecular weight excluding hydrogens is 503 g/mol. The molecule has 0 bridgehead atoms. The Morgan fingerprint density at radius 3 is 2.00 bits per heavy atom. The van der Waals surface area contributed by atoms with E-state index in [0.29, 0.717) is 0 Å². The molecule has 1 radical (unpaired) electrons. The summed E-state index contributed by atoms with van der Waals surface area (Å²) in [7, 11) is 1.78. The van der Waals surface area contributed by atoms with E-state index in [1.54, 1.807) is 21.3 Å². The fraction of sp³-hybridized carbons (Fsp3) is 0.194. The van der Waals surface area contributed by atoms with Crippen LogP contribution < -0.4 is 10.4 Å². The van der Waals surface area contributed by atoms with E-state index in [-0.39, 0.29) is 0 Å². The Morgan fingerprint density at radius 2 is 1.34 bits per heavy atom. The number of aromatic nitrogens is 1. The normalized spacial score (nSPS) is 14.7. The number of para-hydroxylation sites is 3. The highest BCUT2D eigenvalue weighted by Gasteiger charge is 2.53. The Labute approximate surface area is 242 Å². The first-order valence-electron chi connectivity index (χ1n) is 14.1. The molecule has 0 amide bonds. The lowest BCUT2D eigenvalue weighted by Gasteiger charge is -2.44. The molecule has 0 fully saturated rings. The van der Waals surface area contributed by atoms with Crippen molar-refractivity contribution < 1.29 is 9.76 Å². The monoisotopic (exact) mass is 535 g/mol. The summed E-state index contributed by atoms with van der Waals surface area (Å²) >= 11 is 0. The van der Waals surface area contributed by atoms with Gasteiger partial charge in [-0.25, -0.2) is 0 Å². The summed E-state index contributed by atoms with van der Waals surface area (Å²) < 4.78 is 6.21. The van der Waals surface area contributed by atoms with Gasteiger partial charge in [0.25, 0.3) is 0 Å². The second-order valence-electron chi connectivity index (χ2n) is 12.0. The van der Waals surface area contributed by atoms with Gasteiger partial charge in [-0.3, -0.25) is 4.98 Å². The van der Waals surface area contributed by atoms with E-state index in [0.717, 1.165) is 33.8 Å². The van der Waals surface area contributed by atoms with Crippen molar-refractivity contribution in [2.24, 2.45) is 0 Å². The molecule has 41 heavy (non-hydrogen) atoms. The first-order valence-corrected chi connectivity index (χ1v) is 14.1. The molecule has 1 spiro atoms. The van der Waals surface area contributed by atoms with E-state index < -0.39 is 16.6 Å². The Morgan fingerprint density at radius 1 is 0.707 bits per heavy atom. The molecule has 5 heteroatoms. The highest BCUT2D eigenvalue weighted by molar-refractivity contribution is 6.47. The van der Waals surface area contributed by atoms with Crippen LogP contribution in [0.25, 0.3) is 11.1 Å². The molecule has 2 heterocycles. The lowest BCUT2D eigenvalue weighted by Crippen LogP contribution is -2.49. The fourth-order valence-corrected chi connectivity index (χ4v) is 6.24. The molecule has 0 saturated carbocycles. The third kappa shape index (κ3) is 3.73. The van der Waals surface area contributed by atoms with Crippen LogP contribution in [0.15, 0.2) is 115 Å². The Hall–Kier alpha value is -4.19. The molecule has 1 N–H and O–H groups in total. The average Bonchev–Trinajstić information content (AvgIpc) is 3.27. The number of pyridine rings is 1. The lowest BCUT2D eigenvalue weighted by molar-refractivity contribution is -0.0893. The Balaban J connectivity index is 1.49. The highest BCUT2D eigenvalue weighted by Crippen LogP contribution is 2.62. The fourth-order valence-electron chi connectivity index (χ4n) is 6.24. The van der Waals surface area contributed by atoms with Crippen LogP contribution in [0.2, 0.25) is 0 Å². The number of nitrogens with zero attached hydrogens (tertiary/aromatic N) is 2. The molecular formula is C36H32BN2O2. The maximum Gasteiger partial charge on any atom is 0.330 e. The maximum atomic E-state index is 10.7. The maximum absolute atomic E-state index is 10.7. The number of benzene rings is 4. The molecule has 201 valence electrons. The zero-order valence-corrected chi connectivity index (χ0v) is 23.8. The van der Waals surface area contributed by atoms with Gasteiger partial charge in [0.2, 0.25) is 0 Å². The smallest absolute Gasteiger partial charge is 0.330 e. The lowest BCUT2D eigenvalue weighted by atomic mass is 9.65. The largest absolute Gasteiger partial charge is 0.427 e. The molecule has 2 aliphatic rings. The summed E-state index contributed by atoms with van der Waals surface area (Å²) in [5, 5.41) is 10.7. The molecule has 5 aromatic rings. The minimum absolute atomic E-state index is 0.611. The first-order chi connectivity index (χ1) is 19.7. The van der Waals surface area contributed by atoms with Gasteiger partial charge in [0.1, 0.15) is 0 Å². The van der Waals surface area contributed by atoms with Crippen molar-refractivity contribution in [1.29, 1.82) is 0 Å². The van der Waals surface area contributed by atoms with Gasteiger partial charge in [-0.2, -0.15) is 0 Å². The van der Waals surface area contributed by atoms with E-state index in [9.17, 15) is 5.11 Å². The highest BCUT2D eigenvalue weighted by atomic mass is 16.5. The van der Waals surface area contributed by atoms with Gasteiger partial charge in [0.15, 0.2) is 0 Å². The number of anilines is 3. The van der Waals surface area contributed by atoms with Crippen LogP contribution in [0.4, 0.5) is 17.1 Å². The first kappa shape index (κ1) is 25.8. The van der Waals surface area contributed by atoms with E-state index >= 15 is 0 Å².